The first-order valence-electron chi connectivity index (χ1n) is 4.83. The molecule has 0 saturated heterocycles. The van der Waals surface area contributed by atoms with Crippen LogP contribution in [-0.2, 0) is 19.1 Å². The summed E-state index contributed by atoms with van der Waals surface area (Å²) in [5.74, 6) is -2.40. The van der Waals surface area contributed by atoms with E-state index in [9.17, 15) is 14.4 Å². The van der Waals surface area contributed by atoms with Crippen molar-refractivity contribution >= 4 is 17.8 Å². The molecule has 92 valence electrons. The molecule has 1 atom stereocenters. The van der Waals surface area contributed by atoms with Crippen molar-refractivity contribution in [3.63, 3.8) is 0 Å². The number of carbonyl (C=O) groups is 3. The van der Waals surface area contributed by atoms with Crippen LogP contribution in [0.4, 0.5) is 0 Å². The smallest absolute Gasteiger partial charge is 0.329 e. The molecule has 0 spiro atoms. The molecule has 0 aliphatic carbocycles. The fraction of sp³-hybridized carbons (Fsp3) is 0.700. The van der Waals surface area contributed by atoms with Crippen LogP contribution >= 0.6 is 0 Å². The van der Waals surface area contributed by atoms with Gasteiger partial charge in [-0.15, -0.1) is 0 Å². The molecular formula is C10H17NO5. The van der Waals surface area contributed by atoms with E-state index in [4.69, 9.17) is 9.84 Å². The Labute approximate surface area is 94.0 Å². The molecule has 0 bridgehead atoms. The molecule has 2 N–H and O–H groups in total. The minimum atomic E-state index is -1.18. The van der Waals surface area contributed by atoms with Crippen LogP contribution in [0.25, 0.3) is 0 Å². The van der Waals surface area contributed by atoms with Crippen LogP contribution in [0.5, 0.6) is 0 Å². The number of esters is 1. The van der Waals surface area contributed by atoms with Crippen LogP contribution in [0.1, 0.15) is 34.1 Å². The van der Waals surface area contributed by atoms with E-state index in [1.54, 1.807) is 20.8 Å². The van der Waals surface area contributed by atoms with Gasteiger partial charge in [-0.05, 0) is 20.8 Å². The number of amides is 1. The molecule has 1 unspecified atom stereocenters. The molecule has 6 nitrogen and oxygen atoms in total. The van der Waals surface area contributed by atoms with E-state index < -0.39 is 35.9 Å². The Kier molecular flexibility index (Phi) is 4.94. The molecule has 0 radical (unpaired) electrons. The Morgan fingerprint density at radius 1 is 1.31 bits per heavy atom. The minimum absolute atomic E-state index is 0.475. The third kappa shape index (κ3) is 6.80. The monoisotopic (exact) mass is 231 g/mol. The number of hydrogen-bond donors (Lipinski definition) is 2. The van der Waals surface area contributed by atoms with E-state index in [1.165, 1.54) is 6.92 Å². The molecule has 0 rings (SSSR count). The van der Waals surface area contributed by atoms with Crippen molar-refractivity contribution in [1.29, 1.82) is 0 Å². The van der Waals surface area contributed by atoms with Gasteiger partial charge in [0.1, 0.15) is 11.6 Å². The van der Waals surface area contributed by atoms with Gasteiger partial charge in [0.05, 0.1) is 6.42 Å². The van der Waals surface area contributed by atoms with E-state index in [2.05, 4.69) is 5.32 Å². The number of hydrogen-bond acceptors (Lipinski definition) is 4. The SMILES string of the molecule is CC(=O)NC(CC(=O)O)C(=O)OC(C)(C)C. The van der Waals surface area contributed by atoms with Crippen molar-refractivity contribution in [2.75, 3.05) is 0 Å². The molecule has 0 aromatic carbocycles. The van der Waals surface area contributed by atoms with E-state index in [1.807, 2.05) is 0 Å². The van der Waals surface area contributed by atoms with Crippen molar-refractivity contribution in [3.05, 3.63) is 0 Å². The predicted molar refractivity (Wildman–Crippen MR) is 55.7 cm³/mol. The summed E-state index contributed by atoms with van der Waals surface area (Å²) in [5.41, 5.74) is -0.716. The lowest BCUT2D eigenvalue weighted by Crippen LogP contribution is -2.44. The van der Waals surface area contributed by atoms with Crippen LogP contribution in [0, 0.1) is 0 Å². The topological polar surface area (TPSA) is 92.7 Å². The molecule has 0 aliphatic heterocycles. The summed E-state index contributed by atoms with van der Waals surface area (Å²) >= 11 is 0. The third-order valence-corrected chi connectivity index (χ3v) is 1.45. The Morgan fingerprint density at radius 3 is 2.12 bits per heavy atom. The Hall–Kier alpha value is -1.59. The highest BCUT2D eigenvalue weighted by molar-refractivity contribution is 5.87. The number of carboxylic acids is 1. The van der Waals surface area contributed by atoms with Gasteiger partial charge in [0.2, 0.25) is 5.91 Å². The summed E-state index contributed by atoms with van der Waals surface area (Å²) in [5, 5.41) is 10.8. The molecule has 0 aromatic heterocycles. The number of rotatable bonds is 4. The van der Waals surface area contributed by atoms with Crippen LogP contribution in [0.15, 0.2) is 0 Å². The zero-order valence-corrected chi connectivity index (χ0v) is 9.86. The summed E-state index contributed by atoms with van der Waals surface area (Å²) in [6.45, 7) is 6.20. The third-order valence-electron chi connectivity index (χ3n) is 1.45. The maximum atomic E-state index is 11.5. The Morgan fingerprint density at radius 2 is 1.81 bits per heavy atom. The lowest BCUT2D eigenvalue weighted by molar-refractivity contribution is -0.161. The van der Waals surface area contributed by atoms with Crippen molar-refractivity contribution in [3.8, 4) is 0 Å². The first kappa shape index (κ1) is 14.4. The second-order valence-electron chi connectivity index (χ2n) is 4.38. The van der Waals surface area contributed by atoms with Crippen LogP contribution in [-0.4, -0.2) is 34.6 Å². The number of aliphatic carboxylic acids is 1. The molecule has 0 aliphatic rings. The average Bonchev–Trinajstić information content (AvgIpc) is 1.97. The van der Waals surface area contributed by atoms with Gasteiger partial charge in [0, 0.05) is 6.92 Å². The van der Waals surface area contributed by atoms with E-state index >= 15 is 0 Å². The molecule has 1 amide bonds. The van der Waals surface area contributed by atoms with E-state index in [0.717, 1.165) is 0 Å². The van der Waals surface area contributed by atoms with Gasteiger partial charge in [-0.1, -0.05) is 0 Å². The number of carbonyl (C=O) groups excluding carboxylic acids is 2. The molecule has 0 fully saturated rings. The zero-order chi connectivity index (χ0) is 12.9. The van der Waals surface area contributed by atoms with Gasteiger partial charge in [0.25, 0.3) is 0 Å². The van der Waals surface area contributed by atoms with Crippen LogP contribution in [0.2, 0.25) is 0 Å². The van der Waals surface area contributed by atoms with Crippen LogP contribution in [0.3, 0.4) is 0 Å². The highest BCUT2D eigenvalue weighted by atomic mass is 16.6. The van der Waals surface area contributed by atoms with Gasteiger partial charge in [-0.3, -0.25) is 9.59 Å². The summed E-state index contributed by atoms with van der Waals surface area (Å²) in [6, 6.07) is -1.14. The zero-order valence-electron chi connectivity index (χ0n) is 9.86. The lowest BCUT2D eigenvalue weighted by Gasteiger charge is -2.23. The van der Waals surface area contributed by atoms with E-state index in [-0.39, 0.29) is 0 Å². The standard InChI is InChI=1S/C10H17NO5/c1-6(12)11-7(5-8(13)14)9(15)16-10(2,3)4/h7H,5H2,1-4H3,(H,11,12)(H,13,14). The molecule has 16 heavy (non-hydrogen) atoms. The number of ether oxygens (including phenoxy) is 1. The fourth-order valence-electron chi connectivity index (χ4n) is 0.986. The van der Waals surface area contributed by atoms with Gasteiger partial charge in [0.15, 0.2) is 0 Å². The molecular weight excluding hydrogens is 214 g/mol. The molecule has 0 saturated carbocycles. The second-order valence-corrected chi connectivity index (χ2v) is 4.38. The summed E-state index contributed by atoms with van der Waals surface area (Å²) in [7, 11) is 0. The van der Waals surface area contributed by atoms with Gasteiger partial charge in [-0.25, -0.2) is 4.79 Å². The first-order chi connectivity index (χ1) is 7.11. The van der Waals surface area contributed by atoms with Crippen molar-refractivity contribution in [1.82, 2.24) is 5.32 Å². The molecule has 0 aromatic rings. The van der Waals surface area contributed by atoms with Crippen molar-refractivity contribution in [2.45, 2.75) is 45.8 Å². The number of nitrogens with one attached hydrogen (secondary N) is 1. The number of carboxylic acid groups (broad SMARTS) is 1. The second kappa shape index (κ2) is 5.48. The maximum Gasteiger partial charge on any atom is 0.329 e. The summed E-state index contributed by atoms with van der Waals surface area (Å²) in [4.78, 5) is 32.8. The Balaban J connectivity index is 4.56. The van der Waals surface area contributed by atoms with E-state index in [0.29, 0.717) is 0 Å². The fourth-order valence-corrected chi connectivity index (χ4v) is 0.986. The molecule has 0 heterocycles. The molecule has 6 heteroatoms. The summed E-state index contributed by atoms with van der Waals surface area (Å²) < 4.78 is 4.98. The van der Waals surface area contributed by atoms with Crippen LogP contribution < -0.4 is 5.32 Å². The quantitative estimate of drug-likeness (QED) is 0.679. The lowest BCUT2D eigenvalue weighted by atomic mass is 10.1. The normalized spacial score (nSPS) is 12.8. The maximum absolute atomic E-state index is 11.5. The van der Waals surface area contributed by atoms with Crippen molar-refractivity contribution < 1.29 is 24.2 Å². The largest absolute Gasteiger partial charge is 0.481 e. The summed E-state index contributed by atoms with van der Waals surface area (Å²) in [6.07, 6.45) is -0.492. The first-order valence-corrected chi connectivity index (χ1v) is 4.83. The average molecular weight is 231 g/mol. The van der Waals surface area contributed by atoms with Crippen molar-refractivity contribution in [2.24, 2.45) is 0 Å². The predicted octanol–water partition coefficient (Wildman–Crippen LogP) is 0.307. The van der Waals surface area contributed by atoms with Gasteiger partial charge < -0.3 is 15.2 Å². The highest BCUT2D eigenvalue weighted by Crippen LogP contribution is 2.09. The van der Waals surface area contributed by atoms with Gasteiger partial charge in [-0.2, -0.15) is 0 Å². The van der Waals surface area contributed by atoms with Gasteiger partial charge >= 0.3 is 11.9 Å². The highest BCUT2D eigenvalue weighted by Gasteiger charge is 2.27. The minimum Gasteiger partial charge on any atom is -0.481 e. The Bertz CT molecular complexity index is 276.